The van der Waals surface area contributed by atoms with Gasteiger partial charge in [-0.3, -0.25) is 0 Å². The third kappa shape index (κ3) is 6.54. The zero-order valence-corrected chi connectivity index (χ0v) is 8.27. The van der Waals surface area contributed by atoms with Gasteiger partial charge in [0.15, 0.2) is 0 Å². The maximum atomic E-state index is 5.40. The molecule has 4 nitrogen and oxygen atoms in total. The highest BCUT2D eigenvalue weighted by Gasteiger charge is 1.98. The molecular weight excluding hydrogens is 152 g/mol. The van der Waals surface area contributed by atoms with Crippen molar-refractivity contribution in [3.63, 3.8) is 0 Å². The van der Waals surface area contributed by atoms with Crippen molar-refractivity contribution in [3.05, 3.63) is 0 Å². The Morgan fingerprint density at radius 3 is 2.08 bits per heavy atom. The molecule has 0 aromatic carbocycles. The molecule has 0 aliphatic heterocycles. The van der Waals surface area contributed by atoms with E-state index in [-0.39, 0.29) is 0 Å². The van der Waals surface area contributed by atoms with Crippen LogP contribution in [0, 0.1) is 0 Å². The third-order valence-electron chi connectivity index (χ3n) is 1.53. The van der Waals surface area contributed by atoms with Crippen LogP contribution >= 0.6 is 0 Å². The molecule has 0 amide bonds. The Morgan fingerprint density at radius 1 is 1.08 bits per heavy atom. The van der Waals surface area contributed by atoms with E-state index in [0.29, 0.717) is 0 Å². The molecule has 0 bridgehead atoms. The predicted octanol–water partition coefficient (Wildman–Crippen LogP) is 0.0763. The Balaban J connectivity index is 3.34. The second-order valence-corrected chi connectivity index (χ2v) is 2.67. The van der Waals surface area contributed by atoms with Crippen LogP contribution in [0.2, 0.25) is 0 Å². The zero-order chi connectivity index (χ0) is 9.23. The van der Waals surface area contributed by atoms with Crippen LogP contribution in [-0.4, -0.2) is 31.3 Å². The van der Waals surface area contributed by atoms with Crippen molar-refractivity contribution in [1.82, 2.24) is 16.0 Å². The molecule has 0 heterocycles. The fourth-order valence-corrected chi connectivity index (χ4v) is 1.01. The molecule has 12 heavy (non-hydrogen) atoms. The molecule has 0 unspecified atom stereocenters. The first-order valence-corrected chi connectivity index (χ1v) is 4.79. The predicted molar refractivity (Wildman–Crippen MR) is 52.3 cm³/mol. The molecule has 4 heteroatoms. The van der Waals surface area contributed by atoms with Crippen LogP contribution in [0.15, 0.2) is 0 Å². The molecule has 74 valence electrons. The topological polar surface area (TPSA) is 53.3 Å². The van der Waals surface area contributed by atoms with Crippen LogP contribution in [0.25, 0.3) is 0 Å². The summed E-state index contributed by atoms with van der Waals surface area (Å²) in [6, 6.07) is 0. The van der Waals surface area contributed by atoms with Crippen LogP contribution in [0.4, 0.5) is 0 Å². The van der Waals surface area contributed by atoms with E-state index in [4.69, 9.17) is 5.73 Å². The number of nitrogens with one attached hydrogen (secondary N) is 2. The van der Waals surface area contributed by atoms with E-state index in [0.717, 1.165) is 39.0 Å². The molecule has 0 aromatic rings. The fraction of sp³-hybridized carbons (Fsp3) is 1.00. The largest absolute Gasteiger partial charge is 0.330 e. The lowest BCUT2D eigenvalue weighted by Gasteiger charge is -2.22. The third-order valence-corrected chi connectivity index (χ3v) is 1.53. The summed E-state index contributed by atoms with van der Waals surface area (Å²) in [5, 5.41) is 2.04. The number of hydrogen-bond acceptors (Lipinski definition) is 4. The van der Waals surface area contributed by atoms with Gasteiger partial charge in [-0.25, -0.2) is 10.9 Å². The summed E-state index contributed by atoms with van der Waals surface area (Å²) >= 11 is 0. The van der Waals surface area contributed by atoms with Crippen molar-refractivity contribution in [2.24, 2.45) is 5.73 Å². The second-order valence-electron chi connectivity index (χ2n) is 2.67. The van der Waals surface area contributed by atoms with Crippen LogP contribution in [-0.2, 0) is 0 Å². The molecule has 0 spiro atoms. The highest BCUT2D eigenvalue weighted by Crippen LogP contribution is 1.87. The van der Waals surface area contributed by atoms with Gasteiger partial charge in [-0.1, -0.05) is 13.8 Å². The Hall–Kier alpha value is -0.160. The van der Waals surface area contributed by atoms with E-state index in [1.807, 2.05) is 5.12 Å². The van der Waals surface area contributed by atoms with E-state index in [1.165, 1.54) is 0 Å². The molecule has 0 radical (unpaired) electrons. The smallest absolute Gasteiger partial charge is 0.0288 e. The standard InChI is InChI=1S/C8H22N4/c1-3-10-12(11-4-2)8-6-5-7-9/h10-11H,3-9H2,1-2H3. The normalized spacial score (nSPS) is 11.0. The summed E-state index contributed by atoms with van der Waals surface area (Å²) < 4.78 is 0. The van der Waals surface area contributed by atoms with Crippen molar-refractivity contribution < 1.29 is 0 Å². The summed E-state index contributed by atoms with van der Waals surface area (Å²) in [7, 11) is 0. The number of unbranched alkanes of at least 4 members (excludes halogenated alkanes) is 1. The SMILES string of the molecule is CCNN(CCCCN)NCC. The monoisotopic (exact) mass is 174 g/mol. The highest BCUT2D eigenvalue weighted by molar-refractivity contribution is 4.47. The first-order valence-electron chi connectivity index (χ1n) is 4.79. The van der Waals surface area contributed by atoms with Crippen molar-refractivity contribution in [2.75, 3.05) is 26.2 Å². The van der Waals surface area contributed by atoms with Gasteiger partial charge in [0.25, 0.3) is 0 Å². The van der Waals surface area contributed by atoms with Gasteiger partial charge in [-0.15, -0.1) is 0 Å². The van der Waals surface area contributed by atoms with E-state index < -0.39 is 0 Å². The lowest BCUT2D eigenvalue weighted by atomic mass is 10.3. The fourth-order valence-electron chi connectivity index (χ4n) is 1.01. The molecule has 0 saturated heterocycles. The Kier molecular flexibility index (Phi) is 8.81. The minimum absolute atomic E-state index is 0.784. The summed E-state index contributed by atoms with van der Waals surface area (Å²) in [6.45, 7) is 7.89. The number of nitrogens with zero attached hydrogens (tertiary/aromatic N) is 1. The van der Waals surface area contributed by atoms with Gasteiger partial charge in [-0.2, -0.15) is 5.12 Å². The number of nitrogens with two attached hydrogens (primary N) is 1. The molecule has 0 fully saturated rings. The number of hydrazine groups is 2. The highest BCUT2D eigenvalue weighted by atomic mass is 15.7. The average molecular weight is 174 g/mol. The molecule has 0 saturated carbocycles. The van der Waals surface area contributed by atoms with Gasteiger partial charge >= 0.3 is 0 Å². The van der Waals surface area contributed by atoms with Crippen LogP contribution in [0.1, 0.15) is 26.7 Å². The lowest BCUT2D eigenvalue weighted by Crippen LogP contribution is -2.48. The summed E-state index contributed by atoms with van der Waals surface area (Å²) in [5.41, 5.74) is 11.9. The van der Waals surface area contributed by atoms with Crippen LogP contribution in [0.5, 0.6) is 0 Å². The molecule has 4 N–H and O–H groups in total. The van der Waals surface area contributed by atoms with Gasteiger partial charge < -0.3 is 5.73 Å². The first-order chi connectivity index (χ1) is 5.85. The Labute approximate surface area is 75.4 Å². The van der Waals surface area contributed by atoms with Gasteiger partial charge in [0.2, 0.25) is 0 Å². The van der Waals surface area contributed by atoms with E-state index >= 15 is 0 Å². The minimum atomic E-state index is 0.784. The average Bonchev–Trinajstić information content (AvgIpc) is 2.06. The molecular formula is C8H22N4. The van der Waals surface area contributed by atoms with E-state index in [9.17, 15) is 0 Å². The van der Waals surface area contributed by atoms with E-state index in [2.05, 4.69) is 24.7 Å². The number of rotatable bonds is 8. The molecule has 0 rings (SSSR count). The quantitative estimate of drug-likeness (QED) is 0.360. The van der Waals surface area contributed by atoms with Crippen molar-refractivity contribution in [3.8, 4) is 0 Å². The lowest BCUT2D eigenvalue weighted by molar-refractivity contribution is 0.118. The molecule has 0 aliphatic rings. The van der Waals surface area contributed by atoms with Crippen molar-refractivity contribution in [1.29, 1.82) is 0 Å². The van der Waals surface area contributed by atoms with Crippen molar-refractivity contribution >= 4 is 0 Å². The maximum Gasteiger partial charge on any atom is 0.0288 e. The van der Waals surface area contributed by atoms with Crippen molar-refractivity contribution in [2.45, 2.75) is 26.7 Å². The van der Waals surface area contributed by atoms with Gasteiger partial charge in [0.1, 0.15) is 0 Å². The van der Waals surface area contributed by atoms with Crippen LogP contribution in [0.3, 0.4) is 0 Å². The first kappa shape index (κ1) is 11.8. The second kappa shape index (κ2) is 8.93. The molecule has 0 aliphatic carbocycles. The maximum absolute atomic E-state index is 5.40. The Bertz CT molecular complexity index is 81.1. The summed E-state index contributed by atoms with van der Waals surface area (Å²) in [6.07, 6.45) is 2.23. The van der Waals surface area contributed by atoms with E-state index in [1.54, 1.807) is 0 Å². The van der Waals surface area contributed by atoms with Crippen LogP contribution < -0.4 is 16.6 Å². The summed E-state index contributed by atoms with van der Waals surface area (Å²) in [4.78, 5) is 0. The van der Waals surface area contributed by atoms with Gasteiger partial charge in [-0.05, 0) is 19.4 Å². The molecule has 0 aromatic heterocycles. The summed E-state index contributed by atoms with van der Waals surface area (Å²) in [5.74, 6) is 0. The van der Waals surface area contributed by atoms with Gasteiger partial charge in [0, 0.05) is 19.6 Å². The minimum Gasteiger partial charge on any atom is -0.330 e. The van der Waals surface area contributed by atoms with Gasteiger partial charge in [0.05, 0.1) is 0 Å². The molecule has 0 atom stereocenters. The zero-order valence-electron chi connectivity index (χ0n) is 8.27. The Morgan fingerprint density at radius 2 is 1.67 bits per heavy atom. The number of hydrogen-bond donors (Lipinski definition) is 3.